The zero-order valence-corrected chi connectivity index (χ0v) is 15.5. The summed E-state index contributed by atoms with van der Waals surface area (Å²) in [5, 5.41) is 6.41. The summed E-state index contributed by atoms with van der Waals surface area (Å²) in [7, 11) is -3.04. The zero-order valence-electron chi connectivity index (χ0n) is 13.9. The van der Waals surface area contributed by atoms with E-state index in [1.54, 1.807) is 24.3 Å². The number of fused-ring (bicyclic) bond motifs is 1. The van der Waals surface area contributed by atoms with Gasteiger partial charge in [-0.3, -0.25) is 4.79 Å². The lowest BCUT2D eigenvalue weighted by molar-refractivity contribution is -0.128. The Hall–Kier alpha value is -1.11. The minimum Gasteiger partial charge on any atom is -0.326 e. The van der Waals surface area contributed by atoms with E-state index in [4.69, 9.17) is 0 Å². The standard InChI is InChI=1S/C17H24N2O3S.ClH/c1-23(21,22)11-13-5-7-15(8-6-13)19-16(20)17-9-3-2-4-14(17)10-18-12-17;/h5-8,14,18H,2-4,9-12H2,1H3,(H,19,20);1H/t14-,17+;/m0./s1. The summed E-state index contributed by atoms with van der Waals surface area (Å²) in [6.45, 7) is 1.69. The maximum Gasteiger partial charge on any atom is 0.232 e. The first-order valence-corrected chi connectivity index (χ1v) is 10.2. The van der Waals surface area contributed by atoms with Gasteiger partial charge in [0.15, 0.2) is 9.84 Å². The molecule has 1 saturated carbocycles. The van der Waals surface area contributed by atoms with Crippen LogP contribution >= 0.6 is 12.4 Å². The molecule has 1 aromatic rings. The predicted octanol–water partition coefficient (Wildman–Crippen LogP) is 2.37. The van der Waals surface area contributed by atoms with Crippen LogP contribution in [-0.4, -0.2) is 33.7 Å². The lowest BCUT2D eigenvalue weighted by atomic mass is 9.67. The summed E-state index contributed by atoms with van der Waals surface area (Å²) in [6, 6.07) is 7.10. The number of carbonyl (C=O) groups excluding carboxylic acids is 1. The second kappa shape index (κ2) is 7.42. The smallest absolute Gasteiger partial charge is 0.232 e. The molecule has 2 aliphatic rings. The van der Waals surface area contributed by atoms with Gasteiger partial charge >= 0.3 is 0 Å². The second-order valence-electron chi connectivity index (χ2n) is 6.95. The quantitative estimate of drug-likeness (QED) is 0.850. The van der Waals surface area contributed by atoms with Crippen LogP contribution in [0.4, 0.5) is 5.69 Å². The molecule has 2 fully saturated rings. The largest absolute Gasteiger partial charge is 0.326 e. The van der Waals surface area contributed by atoms with Crippen molar-refractivity contribution in [2.45, 2.75) is 31.4 Å². The van der Waals surface area contributed by atoms with Crippen molar-refractivity contribution in [1.29, 1.82) is 0 Å². The van der Waals surface area contributed by atoms with Gasteiger partial charge in [0.2, 0.25) is 5.91 Å². The first kappa shape index (κ1) is 19.2. The van der Waals surface area contributed by atoms with E-state index in [9.17, 15) is 13.2 Å². The lowest BCUT2D eigenvalue weighted by Crippen LogP contribution is -2.44. The van der Waals surface area contributed by atoms with Crippen molar-refractivity contribution < 1.29 is 13.2 Å². The van der Waals surface area contributed by atoms with E-state index in [2.05, 4.69) is 10.6 Å². The Kier molecular flexibility index (Phi) is 5.94. The molecule has 2 atom stereocenters. The molecule has 3 rings (SSSR count). The third-order valence-corrected chi connectivity index (χ3v) is 5.99. The van der Waals surface area contributed by atoms with Crippen molar-refractivity contribution >= 4 is 33.8 Å². The fourth-order valence-corrected chi connectivity index (χ4v) is 4.73. The van der Waals surface area contributed by atoms with Crippen LogP contribution in [0.25, 0.3) is 0 Å². The number of nitrogens with one attached hydrogen (secondary N) is 2. The van der Waals surface area contributed by atoms with Crippen LogP contribution in [0, 0.1) is 11.3 Å². The summed E-state index contributed by atoms with van der Waals surface area (Å²) in [5.74, 6) is 0.556. The van der Waals surface area contributed by atoms with Crippen molar-refractivity contribution in [1.82, 2.24) is 5.32 Å². The van der Waals surface area contributed by atoms with Gasteiger partial charge in [0.05, 0.1) is 11.2 Å². The van der Waals surface area contributed by atoms with E-state index in [1.807, 2.05) is 0 Å². The Morgan fingerprint density at radius 2 is 2.00 bits per heavy atom. The van der Waals surface area contributed by atoms with Gasteiger partial charge in [0, 0.05) is 18.5 Å². The highest BCUT2D eigenvalue weighted by atomic mass is 35.5. The Bertz CT molecular complexity index is 690. The van der Waals surface area contributed by atoms with Gasteiger partial charge in [0.1, 0.15) is 0 Å². The summed E-state index contributed by atoms with van der Waals surface area (Å²) >= 11 is 0. The van der Waals surface area contributed by atoms with Crippen LogP contribution in [0.5, 0.6) is 0 Å². The monoisotopic (exact) mass is 372 g/mol. The Balaban J connectivity index is 0.00000208. The predicted molar refractivity (Wildman–Crippen MR) is 98.1 cm³/mol. The van der Waals surface area contributed by atoms with Gasteiger partial charge in [-0.15, -0.1) is 12.4 Å². The Morgan fingerprint density at radius 1 is 1.29 bits per heavy atom. The molecule has 1 heterocycles. The fourth-order valence-electron chi connectivity index (χ4n) is 3.93. The highest BCUT2D eigenvalue weighted by Gasteiger charge is 2.49. The molecule has 7 heteroatoms. The van der Waals surface area contributed by atoms with Crippen LogP contribution < -0.4 is 10.6 Å². The molecule has 5 nitrogen and oxygen atoms in total. The number of hydrogen-bond acceptors (Lipinski definition) is 4. The van der Waals surface area contributed by atoms with Gasteiger partial charge in [0.25, 0.3) is 0 Å². The molecule has 134 valence electrons. The number of amides is 1. The molecule has 2 N–H and O–H groups in total. The van der Waals surface area contributed by atoms with Gasteiger partial charge in [-0.1, -0.05) is 25.0 Å². The van der Waals surface area contributed by atoms with Crippen molar-refractivity contribution in [3.63, 3.8) is 0 Å². The van der Waals surface area contributed by atoms with Crippen LogP contribution in [0.2, 0.25) is 0 Å². The number of hydrogen-bond donors (Lipinski definition) is 2. The van der Waals surface area contributed by atoms with E-state index >= 15 is 0 Å². The molecule has 1 saturated heterocycles. The molecule has 1 amide bonds. The second-order valence-corrected chi connectivity index (χ2v) is 9.09. The van der Waals surface area contributed by atoms with E-state index in [1.165, 1.54) is 12.7 Å². The lowest BCUT2D eigenvalue weighted by Gasteiger charge is -2.37. The molecule has 24 heavy (non-hydrogen) atoms. The molecular formula is C17H25ClN2O3S. The average Bonchev–Trinajstić information content (AvgIpc) is 2.93. The fraction of sp³-hybridized carbons (Fsp3) is 0.588. The van der Waals surface area contributed by atoms with Gasteiger partial charge in [-0.25, -0.2) is 8.42 Å². The summed E-state index contributed by atoms with van der Waals surface area (Å²) in [4.78, 5) is 12.8. The van der Waals surface area contributed by atoms with Crippen LogP contribution in [0.15, 0.2) is 24.3 Å². The topological polar surface area (TPSA) is 75.3 Å². The number of anilines is 1. The minimum absolute atomic E-state index is 0. The number of sulfone groups is 1. The van der Waals surface area contributed by atoms with Crippen molar-refractivity contribution in [2.24, 2.45) is 11.3 Å². The van der Waals surface area contributed by atoms with Crippen LogP contribution in [-0.2, 0) is 20.4 Å². The maximum absolute atomic E-state index is 12.8. The van der Waals surface area contributed by atoms with Crippen molar-refractivity contribution in [3.05, 3.63) is 29.8 Å². The average molecular weight is 373 g/mol. The molecule has 0 unspecified atom stereocenters. The van der Waals surface area contributed by atoms with Crippen LogP contribution in [0.1, 0.15) is 31.2 Å². The molecular weight excluding hydrogens is 348 g/mol. The minimum atomic E-state index is -3.04. The van der Waals surface area contributed by atoms with E-state index < -0.39 is 9.84 Å². The molecule has 1 aromatic carbocycles. The highest BCUT2D eigenvalue weighted by Crippen LogP contribution is 2.44. The Morgan fingerprint density at radius 3 is 2.67 bits per heavy atom. The van der Waals surface area contributed by atoms with Gasteiger partial charge in [-0.2, -0.15) is 0 Å². The third kappa shape index (κ3) is 4.10. The maximum atomic E-state index is 12.8. The van der Waals surface area contributed by atoms with Crippen LogP contribution in [0.3, 0.4) is 0 Å². The molecule has 0 radical (unpaired) electrons. The molecule has 0 spiro atoms. The van der Waals surface area contributed by atoms with E-state index in [0.29, 0.717) is 5.92 Å². The SMILES string of the molecule is CS(=O)(=O)Cc1ccc(NC(=O)[C@@]23CCCC[C@H]2CNC3)cc1.Cl. The zero-order chi connectivity index (χ0) is 16.5. The molecule has 0 bridgehead atoms. The van der Waals surface area contributed by atoms with E-state index in [0.717, 1.165) is 43.6 Å². The third-order valence-electron chi connectivity index (χ3n) is 5.13. The number of benzene rings is 1. The van der Waals surface area contributed by atoms with E-state index in [-0.39, 0.29) is 29.5 Å². The summed E-state index contributed by atoms with van der Waals surface area (Å²) in [6.07, 6.45) is 5.61. The molecule has 1 aliphatic carbocycles. The van der Waals surface area contributed by atoms with Crippen molar-refractivity contribution in [2.75, 3.05) is 24.7 Å². The normalized spacial score (nSPS) is 26.3. The van der Waals surface area contributed by atoms with Gasteiger partial charge in [-0.05, 0) is 43.0 Å². The van der Waals surface area contributed by atoms with Crippen molar-refractivity contribution in [3.8, 4) is 0 Å². The number of carbonyl (C=O) groups is 1. The first-order valence-electron chi connectivity index (χ1n) is 8.18. The number of rotatable bonds is 4. The first-order chi connectivity index (χ1) is 10.9. The summed E-state index contributed by atoms with van der Waals surface area (Å²) in [5.41, 5.74) is 1.20. The molecule has 1 aliphatic heterocycles. The number of halogens is 1. The highest BCUT2D eigenvalue weighted by molar-refractivity contribution is 7.89. The summed E-state index contributed by atoms with van der Waals surface area (Å²) < 4.78 is 22.6. The Labute approximate surface area is 149 Å². The molecule has 0 aromatic heterocycles. The van der Waals surface area contributed by atoms with Gasteiger partial charge < -0.3 is 10.6 Å².